The molecule has 0 atom stereocenters. The van der Waals surface area contributed by atoms with Crippen molar-refractivity contribution in [3.63, 3.8) is 0 Å². The lowest BCUT2D eigenvalue weighted by Gasteiger charge is -2.37. The molecule has 3 aromatic rings. The van der Waals surface area contributed by atoms with Crippen molar-refractivity contribution in [2.75, 3.05) is 62.6 Å². The minimum atomic E-state index is -0.430. The third-order valence-electron chi connectivity index (χ3n) is 6.98. The highest BCUT2D eigenvalue weighted by atomic mass is 35.5. The second-order valence-electron chi connectivity index (χ2n) is 9.52. The first-order valence-corrected chi connectivity index (χ1v) is 13.3. The second-order valence-corrected chi connectivity index (χ2v) is 9.96. The Morgan fingerprint density at radius 3 is 2.03 bits per heavy atom. The van der Waals surface area contributed by atoms with Crippen molar-refractivity contribution in [3.05, 3.63) is 94.3 Å². The van der Waals surface area contributed by atoms with Gasteiger partial charge in [0.25, 0.3) is 17.7 Å². The number of amides is 3. The number of carbonyl (C=O) groups is 3. The standard InChI is InChI=1S/C29H29ClFN5O3/c30-23-3-1-2-21(18-23)28(38)36-16-14-34(15-17-36)26-9-6-22(29(39)35-12-10-32-11-13-35)19-25(26)33-27(37)20-4-7-24(31)8-5-20/h1-9,18-19,32H,10-17H2,(H,33,37). The number of nitrogens with zero attached hydrogens (tertiary/aromatic N) is 3. The van der Waals surface area contributed by atoms with E-state index in [1.807, 2.05) is 6.07 Å². The molecule has 2 fully saturated rings. The molecule has 10 heteroatoms. The third-order valence-corrected chi connectivity index (χ3v) is 7.22. The summed E-state index contributed by atoms with van der Waals surface area (Å²) >= 11 is 6.06. The van der Waals surface area contributed by atoms with Gasteiger partial charge in [-0.15, -0.1) is 0 Å². The summed E-state index contributed by atoms with van der Waals surface area (Å²) in [7, 11) is 0. The molecule has 2 aliphatic heterocycles. The summed E-state index contributed by atoms with van der Waals surface area (Å²) in [6.45, 7) is 4.73. The van der Waals surface area contributed by atoms with Crippen molar-refractivity contribution in [3.8, 4) is 0 Å². The number of hydrogen-bond donors (Lipinski definition) is 2. The molecule has 3 aromatic carbocycles. The van der Waals surface area contributed by atoms with E-state index in [9.17, 15) is 18.8 Å². The Labute approximate surface area is 231 Å². The number of rotatable bonds is 5. The molecule has 0 bridgehead atoms. The smallest absolute Gasteiger partial charge is 0.255 e. The van der Waals surface area contributed by atoms with Crippen molar-refractivity contribution in [2.24, 2.45) is 0 Å². The van der Waals surface area contributed by atoms with Gasteiger partial charge in [-0.05, 0) is 60.7 Å². The Kier molecular flexibility index (Phi) is 8.09. The molecule has 5 rings (SSSR count). The predicted octanol–water partition coefficient (Wildman–Crippen LogP) is 3.74. The normalized spacial score (nSPS) is 15.7. The molecule has 2 N–H and O–H groups in total. The molecule has 0 saturated carbocycles. The van der Waals surface area contributed by atoms with Gasteiger partial charge in [-0.1, -0.05) is 17.7 Å². The minimum Gasteiger partial charge on any atom is -0.366 e. The van der Waals surface area contributed by atoms with Gasteiger partial charge >= 0.3 is 0 Å². The van der Waals surface area contributed by atoms with Crippen LogP contribution in [0.4, 0.5) is 15.8 Å². The summed E-state index contributed by atoms with van der Waals surface area (Å²) in [6.07, 6.45) is 0. The van der Waals surface area contributed by atoms with Gasteiger partial charge in [-0.2, -0.15) is 0 Å². The van der Waals surface area contributed by atoms with Crippen LogP contribution in [0.2, 0.25) is 5.02 Å². The minimum absolute atomic E-state index is 0.0843. The third kappa shape index (κ3) is 6.21. The van der Waals surface area contributed by atoms with Gasteiger partial charge in [0.1, 0.15) is 5.82 Å². The van der Waals surface area contributed by atoms with Crippen molar-refractivity contribution < 1.29 is 18.8 Å². The van der Waals surface area contributed by atoms with Crippen LogP contribution in [0.25, 0.3) is 0 Å². The van der Waals surface area contributed by atoms with Crippen LogP contribution in [-0.2, 0) is 0 Å². The van der Waals surface area contributed by atoms with Gasteiger partial charge in [0, 0.05) is 74.1 Å². The molecule has 0 aliphatic carbocycles. The maximum atomic E-state index is 13.4. The lowest BCUT2D eigenvalue weighted by atomic mass is 10.1. The zero-order valence-electron chi connectivity index (χ0n) is 21.3. The number of benzene rings is 3. The van der Waals surface area contributed by atoms with Crippen molar-refractivity contribution >= 4 is 40.7 Å². The highest BCUT2D eigenvalue weighted by Gasteiger charge is 2.26. The zero-order valence-corrected chi connectivity index (χ0v) is 22.1. The molecule has 0 unspecified atom stereocenters. The number of halogens is 2. The Morgan fingerprint density at radius 1 is 0.744 bits per heavy atom. The lowest BCUT2D eigenvalue weighted by molar-refractivity contribution is 0.0731. The molecule has 3 amide bonds. The molecule has 2 aliphatic rings. The van der Waals surface area contributed by atoms with Crippen molar-refractivity contribution in [1.29, 1.82) is 0 Å². The number of piperazine rings is 2. The fraction of sp³-hybridized carbons (Fsp3) is 0.276. The summed E-state index contributed by atoms with van der Waals surface area (Å²) in [5.41, 5.74) is 2.55. The molecule has 2 heterocycles. The maximum Gasteiger partial charge on any atom is 0.255 e. The highest BCUT2D eigenvalue weighted by Crippen LogP contribution is 2.30. The Bertz CT molecular complexity index is 1370. The zero-order chi connectivity index (χ0) is 27.4. The summed E-state index contributed by atoms with van der Waals surface area (Å²) in [5.74, 6) is -1.02. The Balaban J connectivity index is 1.36. The number of nitrogens with one attached hydrogen (secondary N) is 2. The van der Waals surface area contributed by atoms with E-state index >= 15 is 0 Å². The maximum absolute atomic E-state index is 13.4. The van der Waals surface area contributed by atoms with E-state index in [0.29, 0.717) is 66.7 Å². The van der Waals surface area contributed by atoms with Crippen LogP contribution in [0.15, 0.2) is 66.7 Å². The largest absolute Gasteiger partial charge is 0.366 e. The quantitative estimate of drug-likeness (QED) is 0.506. The van der Waals surface area contributed by atoms with Crippen LogP contribution >= 0.6 is 11.6 Å². The van der Waals surface area contributed by atoms with E-state index in [0.717, 1.165) is 18.8 Å². The van der Waals surface area contributed by atoms with Gasteiger partial charge in [-0.3, -0.25) is 14.4 Å². The van der Waals surface area contributed by atoms with E-state index in [1.54, 1.807) is 46.2 Å². The van der Waals surface area contributed by atoms with Gasteiger partial charge in [-0.25, -0.2) is 4.39 Å². The van der Waals surface area contributed by atoms with Gasteiger partial charge in [0.2, 0.25) is 0 Å². The van der Waals surface area contributed by atoms with Crippen LogP contribution in [0, 0.1) is 5.82 Å². The summed E-state index contributed by atoms with van der Waals surface area (Å²) in [4.78, 5) is 44.9. The summed E-state index contributed by atoms with van der Waals surface area (Å²) in [6, 6.07) is 17.5. The predicted molar refractivity (Wildman–Crippen MR) is 149 cm³/mol. The molecule has 8 nitrogen and oxygen atoms in total. The number of hydrogen-bond acceptors (Lipinski definition) is 5. The highest BCUT2D eigenvalue weighted by molar-refractivity contribution is 6.31. The Hall–Kier alpha value is -3.95. The summed E-state index contributed by atoms with van der Waals surface area (Å²) < 4.78 is 13.4. The first kappa shape index (κ1) is 26.6. The average Bonchev–Trinajstić information content (AvgIpc) is 2.97. The van der Waals surface area contributed by atoms with Crippen molar-refractivity contribution in [2.45, 2.75) is 0 Å². The molecule has 0 aromatic heterocycles. The van der Waals surface area contributed by atoms with Gasteiger partial charge < -0.3 is 25.3 Å². The van der Waals surface area contributed by atoms with E-state index in [1.165, 1.54) is 24.3 Å². The fourth-order valence-corrected chi connectivity index (χ4v) is 5.04. The molecule has 202 valence electrons. The van der Waals surface area contributed by atoms with E-state index in [2.05, 4.69) is 15.5 Å². The summed E-state index contributed by atoms with van der Waals surface area (Å²) in [5, 5.41) is 6.68. The van der Waals surface area contributed by atoms with Crippen LogP contribution in [0.1, 0.15) is 31.1 Å². The lowest BCUT2D eigenvalue weighted by Crippen LogP contribution is -2.49. The average molecular weight is 550 g/mol. The SMILES string of the molecule is O=C(Nc1cc(C(=O)N2CCNCC2)ccc1N1CCN(C(=O)c2cccc(Cl)c2)CC1)c1ccc(F)cc1. The van der Waals surface area contributed by atoms with Gasteiger partial charge in [0.15, 0.2) is 0 Å². The van der Waals surface area contributed by atoms with E-state index < -0.39 is 11.7 Å². The molecule has 39 heavy (non-hydrogen) atoms. The molecule has 0 spiro atoms. The topological polar surface area (TPSA) is 85.0 Å². The van der Waals surface area contributed by atoms with Crippen LogP contribution in [0.3, 0.4) is 0 Å². The first-order chi connectivity index (χ1) is 18.9. The Morgan fingerprint density at radius 2 is 1.36 bits per heavy atom. The fourth-order valence-electron chi connectivity index (χ4n) is 4.85. The van der Waals surface area contributed by atoms with Crippen LogP contribution < -0.4 is 15.5 Å². The first-order valence-electron chi connectivity index (χ1n) is 12.9. The van der Waals surface area contributed by atoms with Crippen LogP contribution in [0.5, 0.6) is 0 Å². The van der Waals surface area contributed by atoms with E-state index in [-0.39, 0.29) is 11.8 Å². The molecule has 0 radical (unpaired) electrons. The number of carbonyl (C=O) groups excluding carboxylic acids is 3. The van der Waals surface area contributed by atoms with Gasteiger partial charge in [0.05, 0.1) is 11.4 Å². The van der Waals surface area contributed by atoms with E-state index in [4.69, 9.17) is 11.6 Å². The monoisotopic (exact) mass is 549 g/mol. The molecular weight excluding hydrogens is 521 g/mol. The molecular formula is C29H29ClFN5O3. The number of anilines is 2. The molecule has 2 saturated heterocycles. The second kappa shape index (κ2) is 11.8. The van der Waals surface area contributed by atoms with Crippen molar-refractivity contribution in [1.82, 2.24) is 15.1 Å². The van der Waals surface area contributed by atoms with Crippen LogP contribution in [-0.4, -0.2) is 79.9 Å².